The summed E-state index contributed by atoms with van der Waals surface area (Å²) in [7, 11) is 0. The van der Waals surface area contributed by atoms with Gasteiger partial charge in [0.2, 0.25) is 0 Å². The Hall–Kier alpha value is -0.290. The Kier molecular flexibility index (Phi) is 4.54. The van der Waals surface area contributed by atoms with Crippen LogP contribution in [0, 0.1) is 11.8 Å². The highest BCUT2D eigenvalue weighted by Crippen LogP contribution is 2.37. The minimum atomic E-state index is -4.01. The van der Waals surface area contributed by atoms with E-state index >= 15 is 0 Å². The van der Waals surface area contributed by atoms with Gasteiger partial charge in [0.1, 0.15) is 0 Å². The van der Waals surface area contributed by atoms with Crippen molar-refractivity contribution in [3.63, 3.8) is 0 Å². The molecular formula is C13H22F3NO. The molecule has 2 aliphatic carbocycles. The normalized spacial score (nSPS) is 38.0. The molecule has 0 radical (unpaired) electrons. The fourth-order valence-electron chi connectivity index (χ4n) is 3.19. The van der Waals surface area contributed by atoms with Crippen molar-refractivity contribution in [3.8, 4) is 0 Å². The second-order valence-corrected chi connectivity index (χ2v) is 5.83. The largest absolute Gasteiger partial charge is 0.393 e. The lowest BCUT2D eigenvalue weighted by Crippen LogP contribution is -2.38. The molecule has 0 saturated heterocycles. The van der Waals surface area contributed by atoms with E-state index in [1.165, 1.54) is 0 Å². The van der Waals surface area contributed by atoms with Crippen molar-refractivity contribution in [2.24, 2.45) is 11.8 Å². The summed E-state index contributed by atoms with van der Waals surface area (Å²) < 4.78 is 37.5. The molecule has 2 fully saturated rings. The molecule has 106 valence electrons. The maximum atomic E-state index is 12.5. The summed E-state index contributed by atoms with van der Waals surface area (Å²) in [5.41, 5.74) is 0. The Balaban J connectivity index is 1.65. The molecule has 2 rings (SSSR count). The van der Waals surface area contributed by atoms with Crippen LogP contribution in [0.4, 0.5) is 13.2 Å². The molecule has 2 atom stereocenters. The van der Waals surface area contributed by atoms with Gasteiger partial charge in [-0.15, -0.1) is 0 Å². The molecule has 2 nitrogen and oxygen atoms in total. The lowest BCUT2D eigenvalue weighted by atomic mass is 9.85. The van der Waals surface area contributed by atoms with Gasteiger partial charge in [0.05, 0.1) is 12.0 Å². The summed E-state index contributed by atoms with van der Waals surface area (Å²) >= 11 is 0. The molecule has 2 aliphatic rings. The summed E-state index contributed by atoms with van der Waals surface area (Å²) in [6, 6.07) is 0.237. The van der Waals surface area contributed by atoms with Crippen LogP contribution >= 0.6 is 0 Å². The zero-order valence-corrected chi connectivity index (χ0v) is 10.5. The lowest BCUT2D eigenvalue weighted by molar-refractivity contribution is -0.182. The first-order valence-corrected chi connectivity index (χ1v) is 6.93. The molecule has 0 spiro atoms. The molecule has 2 unspecified atom stereocenters. The second kappa shape index (κ2) is 5.78. The first kappa shape index (κ1) is 14.1. The fraction of sp³-hybridized carbons (Fsp3) is 1.00. The van der Waals surface area contributed by atoms with Crippen LogP contribution in [0.5, 0.6) is 0 Å². The second-order valence-electron chi connectivity index (χ2n) is 5.83. The van der Waals surface area contributed by atoms with Crippen molar-refractivity contribution in [3.05, 3.63) is 0 Å². The van der Waals surface area contributed by atoms with Crippen molar-refractivity contribution >= 4 is 0 Å². The molecule has 0 aromatic carbocycles. The Bertz CT molecular complexity index is 261. The highest BCUT2D eigenvalue weighted by atomic mass is 19.4. The molecule has 2 saturated carbocycles. The summed E-state index contributed by atoms with van der Waals surface area (Å²) in [5, 5.41) is 12.8. The molecule has 2 N–H and O–H groups in total. The fourth-order valence-corrected chi connectivity index (χ4v) is 3.19. The minimum absolute atomic E-state index is 0.169. The smallest absolute Gasteiger partial charge is 0.391 e. The summed E-state index contributed by atoms with van der Waals surface area (Å²) in [5.74, 6) is -0.593. The highest BCUT2D eigenvalue weighted by molar-refractivity contribution is 4.83. The standard InChI is InChI=1S/C13H22F3NO/c14-13(15,16)10-2-4-11(5-3-10)17-8-9-1-6-12(18)7-9/h9-12,17-18H,1-8H2. The number of hydrogen-bond donors (Lipinski definition) is 2. The van der Waals surface area contributed by atoms with E-state index in [1.807, 2.05) is 0 Å². The van der Waals surface area contributed by atoms with E-state index in [0.29, 0.717) is 18.8 Å². The first-order chi connectivity index (χ1) is 8.45. The SMILES string of the molecule is OC1CCC(CNC2CCC(C(F)(F)F)CC2)C1. The van der Waals surface area contributed by atoms with Crippen molar-refractivity contribution in [1.29, 1.82) is 0 Å². The number of halogens is 3. The number of alkyl halides is 3. The van der Waals surface area contributed by atoms with Gasteiger partial charge in [-0.05, 0) is 57.4 Å². The average molecular weight is 265 g/mol. The van der Waals surface area contributed by atoms with Crippen LogP contribution in [-0.4, -0.2) is 30.0 Å². The molecule has 0 heterocycles. The van der Waals surface area contributed by atoms with E-state index in [4.69, 9.17) is 0 Å². The summed E-state index contributed by atoms with van der Waals surface area (Å²) in [4.78, 5) is 0. The van der Waals surface area contributed by atoms with E-state index in [-0.39, 0.29) is 25.0 Å². The number of hydrogen-bond acceptors (Lipinski definition) is 2. The maximum absolute atomic E-state index is 12.5. The van der Waals surface area contributed by atoms with Crippen LogP contribution in [0.3, 0.4) is 0 Å². The van der Waals surface area contributed by atoms with Crippen LogP contribution in [0.1, 0.15) is 44.9 Å². The van der Waals surface area contributed by atoms with Crippen LogP contribution < -0.4 is 5.32 Å². The van der Waals surface area contributed by atoms with Gasteiger partial charge >= 0.3 is 6.18 Å². The van der Waals surface area contributed by atoms with Gasteiger partial charge in [-0.2, -0.15) is 13.2 Å². The zero-order valence-electron chi connectivity index (χ0n) is 10.5. The maximum Gasteiger partial charge on any atom is 0.391 e. The van der Waals surface area contributed by atoms with E-state index < -0.39 is 12.1 Å². The lowest BCUT2D eigenvalue weighted by Gasteiger charge is -2.31. The van der Waals surface area contributed by atoms with E-state index in [2.05, 4.69) is 5.32 Å². The predicted octanol–water partition coefficient (Wildman–Crippen LogP) is 2.86. The molecule has 0 aromatic rings. The highest BCUT2D eigenvalue weighted by Gasteiger charge is 2.41. The number of aliphatic hydroxyl groups excluding tert-OH is 1. The van der Waals surface area contributed by atoms with Gasteiger partial charge in [-0.25, -0.2) is 0 Å². The third kappa shape index (κ3) is 3.85. The molecule has 0 aromatic heterocycles. The molecule has 0 bridgehead atoms. The van der Waals surface area contributed by atoms with Gasteiger partial charge in [0.25, 0.3) is 0 Å². The minimum Gasteiger partial charge on any atom is -0.393 e. The van der Waals surface area contributed by atoms with Crippen LogP contribution in [0.25, 0.3) is 0 Å². The average Bonchev–Trinajstić information content (AvgIpc) is 2.72. The Morgan fingerprint density at radius 3 is 2.17 bits per heavy atom. The Morgan fingerprint density at radius 1 is 1.00 bits per heavy atom. The van der Waals surface area contributed by atoms with Crippen molar-refractivity contribution in [2.45, 2.75) is 63.3 Å². The van der Waals surface area contributed by atoms with Crippen LogP contribution in [0.2, 0.25) is 0 Å². The molecule has 5 heteroatoms. The van der Waals surface area contributed by atoms with E-state index in [9.17, 15) is 18.3 Å². The van der Waals surface area contributed by atoms with Gasteiger partial charge in [-0.3, -0.25) is 0 Å². The van der Waals surface area contributed by atoms with Gasteiger partial charge in [0.15, 0.2) is 0 Å². The van der Waals surface area contributed by atoms with Crippen LogP contribution in [0.15, 0.2) is 0 Å². The zero-order chi connectivity index (χ0) is 13.2. The molecular weight excluding hydrogens is 243 g/mol. The quantitative estimate of drug-likeness (QED) is 0.822. The number of rotatable bonds is 3. The summed E-state index contributed by atoms with van der Waals surface area (Å²) in [6.07, 6.45) is 0.324. The molecule has 0 amide bonds. The van der Waals surface area contributed by atoms with Crippen molar-refractivity contribution < 1.29 is 18.3 Å². The topological polar surface area (TPSA) is 32.3 Å². The van der Waals surface area contributed by atoms with Gasteiger partial charge in [0, 0.05) is 6.04 Å². The first-order valence-electron chi connectivity index (χ1n) is 6.93. The Labute approximate surface area is 106 Å². The Morgan fingerprint density at radius 2 is 1.67 bits per heavy atom. The molecule has 18 heavy (non-hydrogen) atoms. The third-order valence-corrected chi connectivity index (χ3v) is 4.40. The van der Waals surface area contributed by atoms with Gasteiger partial charge in [-0.1, -0.05) is 0 Å². The number of nitrogens with one attached hydrogen (secondary N) is 1. The summed E-state index contributed by atoms with van der Waals surface area (Å²) in [6.45, 7) is 0.846. The van der Waals surface area contributed by atoms with E-state index in [1.54, 1.807) is 0 Å². The van der Waals surface area contributed by atoms with Crippen molar-refractivity contribution in [1.82, 2.24) is 5.32 Å². The third-order valence-electron chi connectivity index (χ3n) is 4.40. The predicted molar refractivity (Wildman–Crippen MR) is 63.2 cm³/mol. The van der Waals surface area contributed by atoms with Gasteiger partial charge < -0.3 is 10.4 Å². The number of aliphatic hydroxyl groups is 1. The monoisotopic (exact) mass is 265 g/mol. The van der Waals surface area contributed by atoms with E-state index in [0.717, 1.165) is 25.8 Å². The molecule has 0 aliphatic heterocycles. The van der Waals surface area contributed by atoms with Crippen LogP contribution in [-0.2, 0) is 0 Å². The van der Waals surface area contributed by atoms with Crippen molar-refractivity contribution in [2.75, 3.05) is 6.54 Å².